The third kappa shape index (κ3) is 2.82. The molecule has 2 nitrogen and oxygen atoms in total. The number of halogens is 1. The van der Waals surface area contributed by atoms with Crippen LogP contribution in [0.1, 0.15) is 50.7 Å². The van der Waals surface area contributed by atoms with E-state index in [2.05, 4.69) is 11.0 Å². The van der Waals surface area contributed by atoms with Crippen LogP contribution in [0.15, 0.2) is 18.2 Å². The Morgan fingerprint density at radius 2 is 1.95 bits per heavy atom. The van der Waals surface area contributed by atoms with Crippen LogP contribution in [0.3, 0.4) is 0 Å². The first-order chi connectivity index (χ1) is 9.65. The monoisotopic (exact) mass is 293 g/mol. The third-order valence-corrected chi connectivity index (χ3v) is 5.42. The highest BCUT2D eigenvalue weighted by Gasteiger charge is 2.31. The van der Waals surface area contributed by atoms with Gasteiger partial charge in [-0.3, -0.25) is 0 Å². The summed E-state index contributed by atoms with van der Waals surface area (Å²) < 4.78 is 0. The molecular formula is C17H24ClNO. The Labute approximate surface area is 126 Å². The highest BCUT2D eigenvalue weighted by Crippen LogP contribution is 2.38. The van der Waals surface area contributed by atoms with Crippen molar-refractivity contribution in [3.8, 4) is 0 Å². The maximum absolute atomic E-state index is 9.66. The van der Waals surface area contributed by atoms with Crippen LogP contribution in [0.5, 0.6) is 0 Å². The first kappa shape index (κ1) is 14.2. The molecule has 1 aliphatic heterocycles. The molecule has 2 aliphatic rings. The molecule has 1 heterocycles. The van der Waals surface area contributed by atoms with Crippen molar-refractivity contribution in [3.05, 3.63) is 28.8 Å². The highest BCUT2D eigenvalue weighted by atomic mass is 35.5. The molecule has 1 aliphatic carbocycles. The minimum Gasteiger partial charge on any atom is -0.389 e. The minimum absolute atomic E-state index is 0.499. The van der Waals surface area contributed by atoms with Crippen molar-refractivity contribution >= 4 is 17.3 Å². The van der Waals surface area contributed by atoms with Gasteiger partial charge in [0.05, 0.1) is 6.10 Å². The average Bonchev–Trinajstić information content (AvgIpc) is 2.46. The zero-order valence-electron chi connectivity index (χ0n) is 12.2. The van der Waals surface area contributed by atoms with Crippen LogP contribution in [-0.2, 0) is 0 Å². The predicted molar refractivity (Wildman–Crippen MR) is 84.4 cm³/mol. The Kier molecular flexibility index (Phi) is 4.23. The molecule has 3 unspecified atom stereocenters. The van der Waals surface area contributed by atoms with E-state index in [0.29, 0.717) is 5.02 Å². The second-order valence-corrected chi connectivity index (χ2v) is 6.83. The van der Waals surface area contributed by atoms with Gasteiger partial charge in [0.15, 0.2) is 0 Å². The molecule has 1 aromatic carbocycles. The van der Waals surface area contributed by atoms with Gasteiger partial charge in [-0.1, -0.05) is 36.9 Å². The van der Waals surface area contributed by atoms with Crippen molar-refractivity contribution in [2.45, 2.75) is 45.1 Å². The summed E-state index contributed by atoms with van der Waals surface area (Å²) in [5.41, 5.74) is 2.03. The SMILES string of the molecule is CC(O)c1ccc(N2CCC3CCCCC3C2)cc1Cl. The van der Waals surface area contributed by atoms with Crippen molar-refractivity contribution in [3.63, 3.8) is 0 Å². The fraction of sp³-hybridized carbons (Fsp3) is 0.647. The Bertz CT molecular complexity index is 474. The van der Waals surface area contributed by atoms with Gasteiger partial charge in [0.2, 0.25) is 0 Å². The number of hydrogen-bond donors (Lipinski definition) is 1. The zero-order valence-corrected chi connectivity index (χ0v) is 12.9. The third-order valence-electron chi connectivity index (χ3n) is 5.09. The largest absolute Gasteiger partial charge is 0.389 e. The molecule has 0 amide bonds. The number of nitrogens with zero attached hydrogens (tertiary/aromatic N) is 1. The number of benzene rings is 1. The Hall–Kier alpha value is -0.730. The molecule has 20 heavy (non-hydrogen) atoms. The Balaban J connectivity index is 1.75. The van der Waals surface area contributed by atoms with E-state index >= 15 is 0 Å². The fourth-order valence-corrected chi connectivity index (χ4v) is 4.22. The number of fused-ring (bicyclic) bond motifs is 1. The molecule has 1 aromatic rings. The summed E-state index contributed by atoms with van der Waals surface area (Å²) in [6.45, 7) is 4.08. The maximum Gasteiger partial charge on any atom is 0.0776 e. The van der Waals surface area contributed by atoms with Crippen LogP contribution in [0.2, 0.25) is 5.02 Å². The van der Waals surface area contributed by atoms with E-state index < -0.39 is 6.10 Å². The second kappa shape index (κ2) is 5.95. The molecule has 3 heteroatoms. The number of piperidine rings is 1. The molecule has 3 atom stereocenters. The first-order valence-corrected chi connectivity index (χ1v) is 8.25. The van der Waals surface area contributed by atoms with Crippen molar-refractivity contribution in [2.75, 3.05) is 18.0 Å². The Morgan fingerprint density at radius 3 is 2.65 bits per heavy atom. The van der Waals surface area contributed by atoms with E-state index in [0.717, 1.165) is 23.9 Å². The molecule has 1 saturated carbocycles. The molecule has 1 saturated heterocycles. The summed E-state index contributed by atoms with van der Waals surface area (Å²) in [6, 6.07) is 6.10. The summed E-state index contributed by atoms with van der Waals surface area (Å²) >= 11 is 6.29. The predicted octanol–water partition coefficient (Wildman–Crippen LogP) is 4.41. The van der Waals surface area contributed by atoms with Crippen molar-refractivity contribution < 1.29 is 5.11 Å². The van der Waals surface area contributed by atoms with E-state index in [1.165, 1.54) is 44.3 Å². The molecule has 0 radical (unpaired) electrons. The van der Waals surface area contributed by atoms with Crippen LogP contribution < -0.4 is 4.90 Å². The molecule has 110 valence electrons. The summed E-state index contributed by atoms with van der Waals surface area (Å²) in [5, 5.41) is 10.3. The zero-order chi connectivity index (χ0) is 14.1. The maximum atomic E-state index is 9.66. The van der Waals surface area contributed by atoms with Gasteiger partial charge in [-0.25, -0.2) is 0 Å². The van der Waals surface area contributed by atoms with Gasteiger partial charge in [-0.05, 0) is 49.3 Å². The van der Waals surface area contributed by atoms with Gasteiger partial charge < -0.3 is 10.0 Å². The standard InChI is InChI=1S/C17H24ClNO/c1-12(20)16-7-6-15(10-17(16)18)19-9-8-13-4-2-3-5-14(13)11-19/h6-7,10,12-14,20H,2-5,8-9,11H2,1H3. The van der Waals surface area contributed by atoms with Gasteiger partial charge in [-0.2, -0.15) is 0 Å². The topological polar surface area (TPSA) is 23.5 Å². The summed E-state index contributed by atoms with van der Waals surface area (Å²) in [5.74, 6) is 1.82. The van der Waals surface area contributed by atoms with Crippen LogP contribution in [-0.4, -0.2) is 18.2 Å². The van der Waals surface area contributed by atoms with Crippen LogP contribution in [0.4, 0.5) is 5.69 Å². The smallest absolute Gasteiger partial charge is 0.0776 e. The fourth-order valence-electron chi connectivity index (χ4n) is 3.89. The molecule has 0 spiro atoms. The lowest BCUT2D eigenvalue weighted by Gasteiger charge is -2.42. The van der Waals surface area contributed by atoms with Gasteiger partial charge >= 0.3 is 0 Å². The number of aliphatic hydroxyl groups is 1. The second-order valence-electron chi connectivity index (χ2n) is 6.42. The molecule has 0 bridgehead atoms. The lowest BCUT2D eigenvalue weighted by Crippen LogP contribution is -2.41. The van der Waals surface area contributed by atoms with E-state index in [-0.39, 0.29) is 0 Å². The summed E-state index contributed by atoms with van der Waals surface area (Å²) in [6.07, 6.45) is 6.47. The Morgan fingerprint density at radius 1 is 1.20 bits per heavy atom. The lowest BCUT2D eigenvalue weighted by molar-refractivity contribution is 0.199. The first-order valence-electron chi connectivity index (χ1n) is 7.87. The molecule has 1 N–H and O–H groups in total. The van der Waals surface area contributed by atoms with Crippen LogP contribution in [0, 0.1) is 11.8 Å². The number of aliphatic hydroxyl groups excluding tert-OH is 1. The van der Waals surface area contributed by atoms with Crippen LogP contribution in [0.25, 0.3) is 0 Å². The summed E-state index contributed by atoms with van der Waals surface area (Å²) in [7, 11) is 0. The number of anilines is 1. The minimum atomic E-state index is -0.499. The van der Waals surface area contributed by atoms with Crippen LogP contribution >= 0.6 is 11.6 Å². The molecule has 3 rings (SSSR count). The van der Waals surface area contributed by atoms with Crippen molar-refractivity contribution in [1.82, 2.24) is 0 Å². The van der Waals surface area contributed by atoms with Crippen molar-refractivity contribution in [1.29, 1.82) is 0 Å². The highest BCUT2D eigenvalue weighted by molar-refractivity contribution is 6.31. The van der Waals surface area contributed by atoms with Gasteiger partial charge in [-0.15, -0.1) is 0 Å². The quantitative estimate of drug-likeness (QED) is 0.873. The number of rotatable bonds is 2. The van der Waals surface area contributed by atoms with E-state index in [4.69, 9.17) is 11.6 Å². The van der Waals surface area contributed by atoms with Gasteiger partial charge in [0.25, 0.3) is 0 Å². The van der Waals surface area contributed by atoms with Gasteiger partial charge in [0, 0.05) is 23.8 Å². The van der Waals surface area contributed by atoms with Crippen molar-refractivity contribution in [2.24, 2.45) is 11.8 Å². The van der Waals surface area contributed by atoms with E-state index in [1.807, 2.05) is 12.1 Å². The molecular weight excluding hydrogens is 270 g/mol. The lowest BCUT2D eigenvalue weighted by atomic mass is 9.75. The van der Waals surface area contributed by atoms with E-state index in [1.54, 1.807) is 6.92 Å². The molecule has 0 aromatic heterocycles. The van der Waals surface area contributed by atoms with Gasteiger partial charge in [0.1, 0.15) is 0 Å². The average molecular weight is 294 g/mol. The number of hydrogen-bond acceptors (Lipinski definition) is 2. The molecule has 2 fully saturated rings. The van der Waals surface area contributed by atoms with E-state index in [9.17, 15) is 5.11 Å². The normalized spacial score (nSPS) is 28.1. The summed E-state index contributed by atoms with van der Waals surface area (Å²) in [4.78, 5) is 2.48.